The maximum Gasteiger partial charge on any atom is 0.148 e. The Hall–Kier alpha value is -1.40. The highest BCUT2D eigenvalue weighted by atomic mass is 16.5. The second-order valence-electron chi connectivity index (χ2n) is 5.83. The Bertz CT molecular complexity index is 489. The zero-order valence-electron chi connectivity index (χ0n) is 12.1. The molecule has 0 amide bonds. The molecule has 2 atom stereocenters. The van der Waals surface area contributed by atoms with E-state index >= 15 is 0 Å². The van der Waals surface area contributed by atoms with Gasteiger partial charge in [0, 0.05) is 30.6 Å². The van der Waals surface area contributed by atoms with Crippen LogP contribution in [0.5, 0.6) is 0 Å². The van der Waals surface area contributed by atoms with E-state index in [1.807, 2.05) is 6.92 Å². The number of aromatic nitrogens is 2. The largest absolute Gasteiger partial charge is 0.378 e. The highest BCUT2D eigenvalue weighted by Crippen LogP contribution is 2.39. The van der Waals surface area contributed by atoms with Gasteiger partial charge in [0.1, 0.15) is 17.5 Å². The van der Waals surface area contributed by atoms with Gasteiger partial charge in [0.2, 0.25) is 0 Å². The Balaban J connectivity index is 1.75. The number of hydrazine groups is 1. The van der Waals surface area contributed by atoms with E-state index in [1.165, 1.54) is 12.8 Å². The number of nitrogens with one attached hydrogen (secondary N) is 2. The van der Waals surface area contributed by atoms with E-state index in [2.05, 4.69) is 27.6 Å². The van der Waals surface area contributed by atoms with E-state index in [4.69, 9.17) is 10.6 Å². The lowest BCUT2D eigenvalue weighted by molar-refractivity contribution is 0.108. The van der Waals surface area contributed by atoms with Crippen molar-refractivity contribution in [1.82, 2.24) is 9.97 Å². The first-order chi connectivity index (χ1) is 9.69. The van der Waals surface area contributed by atoms with Gasteiger partial charge < -0.3 is 15.5 Å². The van der Waals surface area contributed by atoms with Crippen LogP contribution in [0.2, 0.25) is 0 Å². The molecule has 1 saturated carbocycles. The molecule has 1 aromatic heterocycles. The van der Waals surface area contributed by atoms with Gasteiger partial charge in [-0.15, -0.1) is 0 Å². The SMILES string of the molecule is Cc1c(NN)nc(C2CC2)nc1NCC1CCOC1C. The molecule has 1 saturated heterocycles. The number of ether oxygens (including phenoxy) is 1. The third-order valence-electron chi connectivity index (χ3n) is 4.31. The van der Waals surface area contributed by atoms with Crippen LogP contribution in [0, 0.1) is 12.8 Å². The Morgan fingerprint density at radius 3 is 2.60 bits per heavy atom. The van der Waals surface area contributed by atoms with Gasteiger partial charge in [-0.25, -0.2) is 15.8 Å². The van der Waals surface area contributed by atoms with Crippen molar-refractivity contribution in [3.8, 4) is 0 Å². The van der Waals surface area contributed by atoms with Crippen LogP contribution in [0.25, 0.3) is 0 Å². The summed E-state index contributed by atoms with van der Waals surface area (Å²) in [5, 5.41) is 3.46. The lowest BCUT2D eigenvalue weighted by Gasteiger charge is -2.18. The highest BCUT2D eigenvalue weighted by Gasteiger charge is 2.29. The van der Waals surface area contributed by atoms with Gasteiger partial charge in [0.05, 0.1) is 6.10 Å². The van der Waals surface area contributed by atoms with Gasteiger partial charge in [-0.05, 0) is 33.1 Å². The molecule has 1 aromatic rings. The molecule has 0 radical (unpaired) electrons. The van der Waals surface area contributed by atoms with Crippen molar-refractivity contribution in [2.45, 2.75) is 45.1 Å². The minimum absolute atomic E-state index is 0.319. The van der Waals surface area contributed by atoms with Gasteiger partial charge in [-0.1, -0.05) is 0 Å². The third-order valence-corrected chi connectivity index (χ3v) is 4.31. The maximum absolute atomic E-state index is 5.60. The topological polar surface area (TPSA) is 85.1 Å². The smallest absolute Gasteiger partial charge is 0.148 e. The summed E-state index contributed by atoms with van der Waals surface area (Å²) in [4.78, 5) is 9.17. The summed E-state index contributed by atoms with van der Waals surface area (Å²) in [6, 6.07) is 0. The second kappa shape index (κ2) is 5.54. The van der Waals surface area contributed by atoms with Gasteiger partial charge in [-0.2, -0.15) is 0 Å². The van der Waals surface area contributed by atoms with Crippen molar-refractivity contribution in [3.05, 3.63) is 11.4 Å². The predicted molar refractivity (Wildman–Crippen MR) is 78.6 cm³/mol. The van der Waals surface area contributed by atoms with Crippen LogP contribution in [-0.4, -0.2) is 29.2 Å². The Morgan fingerprint density at radius 1 is 1.25 bits per heavy atom. The summed E-state index contributed by atoms with van der Waals surface area (Å²) in [7, 11) is 0. The van der Waals surface area contributed by atoms with Crippen LogP contribution in [0.15, 0.2) is 0 Å². The standard InChI is InChI=1S/C14H23N5O/c1-8-12(16-7-11-5-6-20-9(11)2)17-14(10-3-4-10)18-13(8)19-15/h9-11H,3-7,15H2,1-2H3,(H2,16,17,18,19). The molecular formula is C14H23N5O. The molecule has 0 bridgehead atoms. The summed E-state index contributed by atoms with van der Waals surface area (Å²) in [6.07, 6.45) is 3.79. The average molecular weight is 277 g/mol. The third kappa shape index (κ3) is 2.71. The lowest BCUT2D eigenvalue weighted by Crippen LogP contribution is -2.22. The second-order valence-corrected chi connectivity index (χ2v) is 5.83. The predicted octanol–water partition coefficient (Wildman–Crippen LogP) is 1.78. The van der Waals surface area contributed by atoms with E-state index in [0.29, 0.717) is 17.9 Å². The van der Waals surface area contributed by atoms with Crippen LogP contribution in [0.3, 0.4) is 0 Å². The van der Waals surface area contributed by atoms with Crippen molar-refractivity contribution >= 4 is 11.6 Å². The number of anilines is 2. The van der Waals surface area contributed by atoms with Crippen LogP contribution < -0.4 is 16.6 Å². The van der Waals surface area contributed by atoms with Crippen molar-refractivity contribution in [3.63, 3.8) is 0 Å². The summed E-state index contributed by atoms with van der Waals surface area (Å²) in [5.74, 6) is 9.14. The molecule has 20 heavy (non-hydrogen) atoms. The van der Waals surface area contributed by atoms with Gasteiger partial charge >= 0.3 is 0 Å². The quantitative estimate of drug-likeness (QED) is 0.562. The van der Waals surface area contributed by atoms with Gasteiger partial charge in [0.15, 0.2) is 0 Å². The molecule has 110 valence electrons. The first-order valence-corrected chi connectivity index (χ1v) is 7.39. The summed E-state index contributed by atoms with van der Waals surface area (Å²) in [5.41, 5.74) is 3.66. The number of rotatable bonds is 5. The van der Waals surface area contributed by atoms with Gasteiger partial charge in [-0.3, -0.25) is 0 Å². The molecule has 2 fully saturated rings. The van der Waals surface area contributed by atoms with Crippen LogP contribution in [-0.2, 0) is 4.74 Å². The van der Waals surface area contributed by atoms with Crippen molar-refractivity contribution < 1.29 is 4.74 Å². The minimum atomic E-state index is 0.319. The molecular weight excluding hydrogens is 254 g/mol. The van der Waals surface area contributed by atoms with Crippen LogP contribution in [0.4, 0.5) is 11.6 Å². The van der Waals surface area contributed by atoms with Crippen LogP contribution >= 0.6 is 0 Å². The van der Waals surface area contributed by atoms with E-state index in [9.17, 15) is 0 Å². The molecule has 2 unspecified atom stereocenters. The number of hydrogen-bond donors (Lipinski definition) is 3. The fraction of sp³-hybridized carbons (Fsp3) is 0.714. The number of hydrogen-bond acceptors (Lipinski definition) is 6. The Kier molecular flexibility index (Phi) is 3.76. The van der Waals surface area contributed by atoms with Crippen molar-refractivity contribution in [2.75, 3.05) is 23.9 Å². The molecule has 0 aromatic carbocycles. The van der Waals surface area contributed by atoms with Crippen molar-refractivity contribution in [2.24, 2.45) is 11.8 Å². The maximum atomic E-state index is 5.60. The molecule has 6 nitrogen and oxygen atoms in total. The van der Waals surface area contributed by atoms with E-state index in [0.717, 1.165) is 42.6 Å². The molecule has 2 aliphatic rings. The summed E-state index contributed by atoms with van der Waals surface area (Å²) >= 11 is 0. The molecule has 3 rings (SSSR count). The monoisotopic (exact) mass is 277 g/mol. The first kappa shape index (κ1) is 13.6. The van der Waals surface area contributed by atoms with E-state index in [-0.39, 0.29) is 0 Å². The molecule has 1 aliphatic heterocycles. The Morgan fingerprint density at radius 2 is 2.00 bits per heavy atom. The number of nitrogen functional groups attached to an aromatic ring is 1. The van der Waals surface area contributed by atoms with Crippen molar-refractivity contribution in [1.29, 1.82) is 0 Å². The minimum Gasteiger partial charge on any atom is -0.378 e. The summed E-state index contributed by atoms with van der Waals surface area (Å²) < 4.78 is 5.60. The molecule has 2 heterocycles. The van der Waals surface area contributed by atoms with E-state index < -0.39 is 0 Å². The fourth-order valence-electron chi connectivity index (χ4n) is 2.64. The molecule has 6 heteroatoms. The molecule has 4 N–H and O–H groups in total. The zero-order chi connectivity index (χ0) is 14.1. The fourth-order valence-corrected chi connectivity index (χ4v) is 2.64. The number of nitrogens with zero attached hydrogens (tertiary/aromatic N) is 2. The normalized spacial score (nSPS) is 25.8. The lowest BCUT2D eigenvalue weighted by atomic mass is 10.0. The Labute approximate surface area is 119 Å². The summed E-state index contributed by atoms with van der Waals surface area (Å²) in [6.45, 7) is 5.86. The van der Waals surface area contributed by atoms with E-state index in [1.54, 1.807) is 0 Å². The average Bonchev–Trinajstić information content (AvgIpc) is 3.21. The van der Waals surface area contributed by atoms with Crippen LogP contribution in [0.1, 0.15) is 43.5 Å². The van der Waals surface area contributed by atoms with Gasteiger partial charge in [0.25, 0.3) is 0 Å². The zero-order valence-corrected chi connectivity index (χ0v) is 12.1. The molecule has 1 aliphatic carbocycles. The first-order valence-electron chi connectivity index (χ1n) is 7.39. The molecule has 0 spiro atoms. The highest BCUT2D eigenvalue weighted by molar-refractivity contribution is 5.57. The number of nitrogens with two attached hydrogens (primary N) is 1.